The zero-order valence-electron chi connectivity index (χ0n) is 10.1. The van der Waals surface area contributed by atoms with Crippen molar-refractivity contribution in [2.75, 3.05) is 13.1 Å². The molecule has 0 fully saturated rings. The normalized spacial score (nSPS) is 19.5. The van der Waals surface area contributed by atoms with Gasteiger partial charge in [0.15, 0.2) is 0 Å². The van der Waals surface area contributed by atoms with Crippen LogP contribution in [-0.2, 0) is 6.54 Å². The Morgan fingerprint density at radius 3 is 2.65 bits per heavy atom. The first-order chi connectivity index (χ1) is 8.16. The molecule has 2 rings (SSSR count). The van der Waals surface area contributed by atoms with Crippen LogP contribution in [0.5, 0.6) is 0 Å². The third kappa shape index (κ3) is 3.14. The first kappa shape index (κ1) is 12.3. The maximum absolute atomic E-state index is 13.7. The molecule has 1 aliphatic rings. The average Bonchev–Trinajstić information content (AvgIpc) is 2.30. The third-order valence-electron chi connectivity index (χ3n) is 3.16. The van der Waals surface area contributed by atoms with Gasteiger partial charge in [0, 0.05) is 13.1 Å². The van der Waals surface area contributed by atoms with Crippen LogP contribution in [0.15, 0.2) is 41.7 Å². The number of nitrogens with zero attached hydrogens (tertiary/aromatic N) is 1. The van der Waals surface area contributed by atoms with Crippen molar-refractivity contribution in [2.24, 2.45) is 0 Å². The van der Waals surface area contributed by atoms with Gasteiger partial charge < -0.3 is 5.11 Å². The lowest BCUT2D eigenvalue weighted by Gasteiger charge is -2.28. The second-order valence-corrected chi connectivity index (χ2v) is 4.55. The van der Waals surface area contributed by atoms with Crippen LogP contribution in [0.4, 0.5) is 4.39 Å². The first-order valence-corrected chi connectivity index (χ1v) is 5.98. The topological polar surface area (TPSA) is 23.5 Å². The van der Waals surface area contributed by atoms with Gasteiger partial charge in [0.05, 0.1) is 12.6 Å². The number of rotatable bonds is 3. The van der Waals surface area contributed by atoms with Crippen LogP contribution in [0.2, 0.25) is 0 Å². The van der Waals surface area contributed by atoms with E-state index in [2.05, 4.69) is 4.90 Å². The average molecular weight is 235 g/mol. The van der Waals surface area contributed by atoms with Gasteiger partial charge in [0.2, 0.25) is 0 Å². The monoisotopic (exact) mass is 235 g/mol. The molecule has 1 aromatic carbocycles. The van der Waals surface area contributed by atoms with E-state index in [0.717, 1.165) is 13.1 Å². The first-order valence-electron chi connectivity index (χ1n) is 5.98. The Bertz CT molecular complexity index is 400. The second-order valence-electron chi connectivity index (χ2n) is 4.55. The summed E-state index contributed by atoms with van der Waals surface area (Å²) in [5.41, 5.74) is 1.76. The SMILES string of the molecule is CC(O)C1=C(F)CN(Cc2ccccc2)CC1. The van der Waals surface area contributed by atoms with Crippen molar-refractivity contribution >= 4 is 0 Å². The van der Waals surface area contributed by atoms with Gasteiger partial charge in [0.25, 0.3) is 0 Å². The maximum Gasteiger partial charge on any atom is 0.116 e. The Balaban J connectivity index is 1.99. The summed E-state index contributed by atoms with van der Waals surface area (Å²) in [6, 6.07) is 10.1. The Hall–Kier alpha value is -1.19. The molecule has 0 aliphatic carbocycles. The molecule has 0 radical (unpaired) electrons. The van der Waals surface area contributed by atoms with E-state index in [1.54, 1.807) is 6.92 Å². The molecule has 1 aromatic rings. The van der Waals surface area contributed by atoms with Gasteiger partial charge in [-0.15, -0.1) is 0 Å². The lowest BCUT2D eigenvalue weighted by atomic mass is 10.0. The summed E-state index contributed by atoms with van der Waals surface area (Å²) in [5, 5.41) is 9.41. The summed E-state index contributed by atoms with van der Waals surface area (Å²) >= 11 is 0. The molecule has 2 nitrogen and oxygen atoms in total. The minimum atomic E-state index is -0.658. The van der Waals surface area contributed by atoms with Crippen molar-refractivity contribution in [1.82, 2.24) is 4.90 Å². The van der Waals surface area contributed by atoms with E-state index in [9.17, 15) is 9.50 Å². The van der Waals surface area contributed by atoms with Gasteiger partial charge >= 0.3 is 0 Å². The van der Waals surface area contributed by atoms with Gasteiger partial charge in [-0.25, -0.2) is 4.39 Å². The predicted molar refractivity (Wildman–Crippen MR) is 66.2 cm³/mol. The van der Waals surface area contributed by atoms with E-state index >= 15 is 0 Å². The highest BCUT2D eigenvalue weighted by atomic mass is 19.1. The molecule has 1 N–H and O–H groups in total. The molecule has 92 valence electrons. The fraction of sp³-hybridized carbons (Fsp3) is 0.429. The largest absolute Gasteiger partial charge is 0.389 e. The molecule has 1 heterocycles. The molecular formula is C14H18FNO. The van der Waals surface area contributed by atoms with Gasteiger partial charge in [-0.05, 0) is 24.5 Å². The fourth-order valence-corrected chi connectivity index (χ4v) is 2.20. The van der Waals surface area contributed by atoms with Crippen molar-refractivity contribution in [2.45, 2.75) is 26.0 Å². The summed E-state index contributed by atoms with van der Waals surface area (Å²) in [4.78, 5) is 2.07. The van der Waals surface area contributed by atoms with Crippen LogP contribution in [0.3, 0.4) is 0 Å². The number of hydrogen-bond acceptors (Lipinski definition) is 2. The minimum Gasteiger partial charge on any atom is -0.389 e. The zero-order chi connectivity index (χ0) is 12.3. The molecule has 1 unspecified atom stereocenters. The minimum absolute atomic E-state index is 0.165. The van der Waals surface area contributed by atoms with Crippen molar-refractivity contribution in [3.05, 3.63) is 47.3 Å². The number of halogens is 1. The molecular weight excluding hydrogens is 217 g/mol. The van der Waals surface area contributed by atoms with Gasteiger partial charge in [-0.3, -0.25) is 4.90 Å². The Kier molecular flexibility index (Phi) is 3.92. The molecule has 0 amide bonds. The van der Waals surface area contributed by atoms with Crippen LogP contribution in [0.25, 0.3) is 0 Å². The maximum atomic E-state index is 13.7. The summed E-state index contributed by atoms with van der Waals surface area (Å²) in [7, 11) is 0. The van der Waals surface area contributed by atoms with E-state index in [0.29, 0.717) is 18.5 Å². The predicted octanol–water partition coefficient (Wildman–Crippen LogP) is 2.50. The summed E-state index contributed by atoms with van der Waals surface area (Å²) in [5.74, 6) is -0.165. The third-order valence-corrected chi connectivity index (χ3v) is 3.16. The number of benzene rings is 1. The molecule has 0 saturated heterocycles. The quantitative estimate of drug-likeness (QED) is 0.870. The lowest BCUT2D eigenvalue weighted by Crippen LogP contribution is -2.32. The fourth-order valence-electron chi connectivity index (χ4n) is 2.20. The molecule has 0 aromatic heterocycles. The number of aliphatic hydroxyl groups excluding tert-OH is 1. The molecule has 0 spiro atoms. The second kappa shape index (κ2) is 5.43. The Morgan fingerprint density at radius 1 is 1.35 bits per heavy atom. The Morgan fingerprint density at radius 2 is 2.06 bits per heavy atom. The van der Waals surface area contributed by atoms with E-state index in [1.165, 1.54) is 5.56 Å². The summed E-state index contributed by atoms with van der Waals surface area (Å²) in [6.45, 7) is 3.51. The van der Waals surface area contributed by atoms with E-state index in [-0.39, 0.29) is 5.83 Å². The highest BCUT2D eigenvalue weighted by Gasteiger charge is 2.21. The summed E-state index contributed by atoms with van der Waals surface area (Å²) < 4.78 is 13.7. The van der Waals surface area contributed by atoms with Crippen molar-refractivity contribution in [1.29, 1.82) is 0 Å². The van der Waals surface area contributed by atoms with Crippen LogP contribution < -0.4 is 0 Å². The van der Waals surface area contributed by atoms with E-state index < -0.39 is 6.10 Å². The van der Waals surface area contributed by atoms with Crippen LogP contribution in [-0.4, -0.2) is 29.2 Å². The van der Waals surface area contributed by atoms with Crippen molar-refractivity contribution in [3.8, 4) is 0 Å². The molecule has 0 bridgehead atoms. The number of hydrogen-bond donors (Lipinski definition) is 1. The van der Waals surface area contributed by atoms with Gasteiger partial charge in [0.1, 0.15) is 5.83 Å². The van der Waals surface area contributed by atoms with Crippen molar-refractivity contribution < 1.29 is 9.50 Å². The highest BCUT2D eigenvalue weighted by Crippen LogP contribution is 2.23. The molecule has 0 saturated carbocycles. The standard InChI is InChI=1S/C14H18FNO/c1-11(17)13-7-8-16(10-14(13)15)9-12-5-3-2-4-6-12/h2-6,11,17H,7-10H2,1H3. The van der Waals surface area contributed by atoms with E-state index in [1.807, 2.05) is 30.3 Å². The molecule has 1 atom stereocenters. The summed E-state index contributed by atoms with van der Waals surface area (Å²) in [6.07, 6.45) is -0.0371. The van der Waals surface area contributed by atoms with Crippen molar-refractivity contribution in [3.63, 3.8) is 0 Å². The van der Waals surface area contributed by atoms with Crippen LogP contribution >= 0.6 is 0 Å². The van der Waals surface area contributed by atoms with Crippen LogP contribution in [0.1, 0.15) is 18.9 Å². The Labute approximate surface area is 101 Å². The van der Waals surface area contributed by atoms with Gasteiger partial charge in [-0.1, -0.05) is 30.3 Å². The van der Waals surface area contributed by atoms with Crippen LogP contribution in [0, 0.1) is 0 Å². The molecule has 1 aliphatic heterocycles. The number of aliphatic hydroxyl groups is 1. The lowest BCUT2D eigenvalue weighted by molar-refractivity contribution is 0.191. The smallest absolute Gasteiger partial charge is 0.116 e. The van der Waals surface area contributed by atoms with E-state index in [4.69, 9.17) is 0 Å². The zero-order valence-corrected chi connectivity index (χ0v) is 10.1. The van der Waals surface area contributed by atoms with Gasteiger partial charge in [-0.2, -0.15) is 0 Å². The highest BCUT2D eigenvalue weighted by molar-refractivity contribution is 5.19. The molecule has 3 heteroatoms. The molecule has 17 heavy (non-hydrogen) atoms.